The van der Waals surface area contributed by atoms with E-state index in [1.54, 1.807) is 18.3 Å². The topological polar surface area (TPSA) is 33.1 Å². The third kappa shape index (κ3) is 1.44. The van der Waals surface area contributed by atoms with Crippen LogP contribution in [0.3, 0.4) is 0 Å². The Morgan fingerprint density at radius 1 is 1.67 bits per heavy atom. The molecule has 0 saturated heterocycles. The monoisotopic (exact) mass is 189 g/mol. The Bertz CT molecular complexity index is 202. The molecule has 0 fully saturated rings. The Morgan fingerprint density at radius 2 is 2.44 bits per heavy atom. The molecule has 0 aliphatic carbocycles. The number of aromatic hydroxyl groups is 1. The quantitative estimate of drug-likeness (QED) is 0.637. The van der Waals surface area contributed by atoms with Crippen molar-refractivity contribution in [1.82, 2.24) is 4.98 Å². The fourth-order valence-corrected chi connectivity index (χ4v) is 1.47. The summed E-state index contributed by atoms with van der Waals surface area (Å²) in [7, 11) is 0. The molecule has 2 nitrogen and oxygen atoms in total. The number of pyridine rings is 1. The van der Waals surface area contributed by atoms with Crippen molar-refractivity contribution in [2.75, 3.05) is 0 Å². The molecule has 0 amide bonds. The number of nitrogens with zero attached hydrogens (tertiary/aromatic N) is 1. The summed E-state index contributed by atoms with van der Waals surface area (Å²) in [5.41, 5.74) is 0. The van der Waals surface area contributed by atoms with E-state index in [0.717, 1.165) is 4.59 Å². The van der Waals surface area contributed by atoms with Gasteiger partial charge in [-0.2, -0.15) is 0 Å². The Hall–Kier alpha value is -0.531. The Balaban J connectivity index is 3.01. The molecule has 0 spiro atoms. The van der Waals surface area contributed by atoms with Crippen LogP contribution in [0.25, 0.3) is 0 Å². The molecular weight excluding hydrogens is 181 g/mol. The molecule has 1 rings (SSSR count). The van der Waals surface area contributed by atoms with Gasteiger partial charge in [0.2, 0.25) is 0 Å². The number of rotatable bonds is 1. The fraction of sp³-hybridized carbons (Fsp3) is 0.167. The standard InChI is InChI=1S/C6H7NOSe/c1-9-6-5(8)3-2-4-7-6/h2-4,8H,1H3. The molecule has 1 aromatic heterocycles. The Kier molecular flexibility index (Phi) is 2.09. The molecule has 0 aliphatic rings. The average Bonchev–Trinajstić information content (AvgIpc) is 1.89. The van der Waals surface area contributed by atoms with Crippen LogP contribution in [0.5, 0.6) is 5.75 Å². The van der Waals surface area contributed by atoms with Crippen molar-refractivity contribution in [3.05, 3.63) is 18.3 Å². The van der Waals surface area contributed by atoms with E-state index in [9.17, 15) is 0 Å². The second-order valence-corrected chi connectivity index (χ2v) is 3.20. The van der Waals surface area contributed by atoms with Gasteiger partial charge in [0.15, 0.2) is 0 Å². The average molecular weight is 188 g/mol. The van der Waals surface area contributed by atoms with Crippen LogP contribution in [0.2, 0.25) is 5.82 Å². The molecule has 0 radical (unpaired) electrons. The summed E-state index contributed by atoms with van der Waals surface area (Å²) >= 11 is 0.297. The van der Waals surface area contributed by atoms with E-state index < -0.39 is 0 Å². The zero-order valence-electron chi connectivity index (χ0n) is 5.03. The molecule has 0 bridgehead atoms. The van der Waals surface area contributed by atoms with Crippen LogP contribution in [-0.2, 0) is 0 Å². The number of aromatic nitrogens is 1. The molecule has 3 heteroatoms. The summed E-state index contributed by atoms with van der Waals surface area (Å²) in [6.07, 6.45) is 1.69. The van der Waals surface area contributed by atoms with Crippen molar-refractivity contribution in [2.24, 2.45) is 0 Å². The van der Waals surface area contributed by atoms with Gasteiger partial charge < -0.3 is 0 Å². The van der Waals surface area contributed by atoms with Gasteiger partial charge in [0.05, 0.1) is 0 Å². The van der Waals surface area contributed by atoms with E-state index in [1.165, 1.54) is 0 Å². The number of hydrogen-bond acceptors (Lipinski definition) is 2. The third-order valence-corrected chi connectivity index (χ3v) is 2.42. The van der Waals surface area contributed by atoms with Crippen molar-refractivity contribution in [3.8, 4) is 5.75 Å². The van der Waals surface area contributed by atoms with Crippen LogP contribution >= 0.6 is 0 Å². The van der Waals surface area contributed by atoms with Gasteiger partial charge in [-0.3, -0.25) is 0 Å². The van der Waals surface area contributed by atoms with Crippen molar-refractivity contribution < 1.29 is 5.11 Å². The minimum absolute atomic E-state index is 0.297. The first-order valence-electron chi connectivity index (χ1n) is 2.52. The van der Waals surface area contributed by atoms with Crippen LogP contribution in [0.15, 0.2) is 18.3 Å². The van der Waals surface area contributed by atoms with Gasteiger partial charge >= 0.3 is 59.5 Å². The van der Waals surface area contributed by atoms with E-state index >= 15 is 0 Å². The molecule has 0 atom stereocenters. The Labute approximate surface area is 60.1 Å². The Morgan fingerprint density at radius 3 is 2.89 bits per heavy atom. The fourth-order valence-electron chi connectivity index (χ4n) is 0.540. The molecule has 1 heterocycles. The van der Waals surface area contributed by atoms with E-state index in [-0.39, 0.29) is 0 Å². The van der Waals surface area contributed by atoms with Gasteiger partial charge in [0.1, 0.15) is 0 Å². The van der Waals surface area contributed by atoms with Crippen LogP contribution in [-0.4, -0.2) is 25.0 Å². The van der Waals surface area contributed by atoms with Gasteiger partial charge in [0, 0.05) is 0 Å². The van der Waals surface area contributed by atoms with Crippen molar-refractivity contribution in [2.45, 2.75) is 5.82 Å². The van der Waals surface area contributed by atoms with E-state index in [2.05, 4.69) is 4.98 Å². The van der Waals surface area contributed by atoms with Crippen molar-refractivity contribution in [1.29, 1.82) is 0 Å². The molecule has 9 heavy (non-hydrogen) atoms. The molecule has 48 valence electrons. The van der Waals surface area contributed by atoms with Gasteiger partial charge in [-0.05, 0) is 0 Å². The molecule has 1 aromatic rings. The zero-order chi connectivity index (χ0) is 6.69. The summed E-state index contributed by atoms with van der Waals surface area (Å²) in [6, 6.07) is 3.39. The van der Waals surface area contributed by atoms with Gasteiger partial charge in [-0.25, -0.2) is 0 Å². The molecule has 0 aromatic carbocycles. The van der Waals surface area contributed by atoms with E-state index in [0.29, 0.717) is 20.7 Å². The maximum absolute atomic E-state index is 9.06. The van der Waals surface area contributed by atoms with E-state index in [1.807, 2.05) is 5.82 Å². The minimum atomic E-state index is 0.297. The van der Waals surface area contributed by atoms with Crippen molar-refractivity contribution in [3.63, 3.8) is 0 Å². The zero-order valence-corrected chi connectivity index (χ0v) is 6.75. The summed E-state index contributed by atoms with van der Waals surface area (Å²) in [6.45, 7) is 0. The SMILES string of the molecule is C[Se]c1ncccc1O. The summed E-state index contributed by atoms with van der Waals surface area (Å²) in [4.78, 5) is 3.97. The predicted molar refractivity (Wildman–Crippen MR) is 37.2 cm³/mol. The van der Waals surface area contributed by atoms with Crippen LogP contribution in [0.4, 0.5) is 0 Å². The van der Waals surface area contributed by atoms with Gasteiger partial charge in [0.25, 0.3) is 0 Å². The first kappa shape index (κ1) is 6.59. The molecule has 1 N–H and O–H groups in total. The number of hydrogen-bond donors (Lipinski definition) is 1. The summed E-state index contributed by atoms with van der Waals surface area (Å²) in [5.74, 6) is 2.34. The van der Waals surface area contributed by atoms with Crippen LogP contribution < -0.4 is 4.59 Å². The van der Waals surface area contributed by atoms with E-state index in [4.69, 9.17) is 5.11 Å². The summed E-state index contributed by atoms with van der Waals surface area (Å²) < 4.78 is 0.824. The van der Waals surface area contributed by atoms with Crippen LogP contribution in [0.1, 0.15) is 0 Å². The molecular formula is C6H7NOSe. The van der Waals surface area contributed by atoms with Crippen molar-refractivity contribution >= 4 is 19.5 Å². The first-order valence-corrected chi connectivity index (χ1v) is 5.09. The maximum atomic E-state index is 9.06. The molecule has 0 unspecified atom stereocenters. The third-order valence-electron chi connectivity index (χ3n) is 0.944. The van der Waals surface area contributed by atoms with Gasteiger partial charge in [-0.15, -0.1) is 0 Å². The first-order chi connectivity index (χ1) is 4.34. The molecule has 0 aliphatic heterocycles. The second kappa shape index (κ2) is 2.85. The van der Waals surface area contributed by atoms with Crippen LogP contribution in [0, 0.1) is 0 Å². The molecule has 0 saturated carbocycles. The van der Waals surface area contributed by atoms with Gasteiger partial charge in [-0.1, -0.05) is 0 Å². The predicted octanol–water partition coefficient (Wildman–Crippen LogP) is 0.165. The summed E-state index contributed by atoms with van der Waals surface area (Å²) in [5, 5.41) is 9.06. The normalized spacial score (nSPS) is 9.44. The second-order valence-electron chi connectivity index (χ2n) is 1.53.